The van der Waals surface area contributed by atoms with E-state index in [9.17, 15) is 0 Å². The van der Waals surface area contributed by atoms with Gasteiger partial charge < -0.3 is 10.5 Å². The van der Waals surface area contributed by atoms with E-state index in [-0.39, 0.29) is 17.6 Å². The van der Waals surface area contributed by atoms with Gasteiger partial charge in [-0.15, -0.1) is 0 Å². The Kier molecular flexibility index (Phi) is 3.93. The van der Waals surface area contributed by atoms with E-state index >= 15 is 0 Å². The maximum Gasteiger partial charge on any atom is 0.0812 e. The standard InChI is InChI=1S/C17H23NO/c1-17(2,3)16(19-4)15(18)14-11-7-9-12-8-5-6-10-13(12)14/h5-11,15-16H,18H2,1-4H3. The first-order valence-corrected chi connectivity index (χ1v) is 6.71. The molecule has 0 aromatic heterocycles. The van der Waals surface area contributed by atoms with E-state index in [1.54, 1.807) is 7.11 Å². The molecule has 0 saturated heterocycles. The molecule has 2 unspecified atom stereocenters. The van der Waals surface area contributed by atoms with Crippen molar-refractivity contribution >= 4 is 10.8 Å². The minimum Gasteiger partial charge on any atom is -0.379 e. The van der Waals surface area contributed by atoms with Gasteiger partial charge in [0.05, 0.1) is 12.1 Å². The molecule has 0 aliphatic rings. The van der Waals surface area contributed by atoms with Gasteiger partial charge in [0.25, 0.3) is 0 Å². The lowest BCUT2D eigenvalue weighted by Crippen LogP contribution is -2.38. The number of fused-ring (bicyclic) bond motifs is 1. The maximum absolute atomic E-state index is 6.48. The third kappa shape index (κ3) is 2.80. The van der Waals surface area contributed by atoms with Crippen molar-refractivity contribution < 1.29 is 4.74 Å². The first-order valence-electron chi connectivity index (χ1n) is 6.71. The summed E-state index contributed by atoms with van der Waals surface area (Å²) in [7, 11) is 1.74. The van der Waals surface area contributed by atoms with Crippen LogP contribution in [0.4, 0.5) is 0 Å². The fourth-order valence-electron chi connectivity index (χ4n) is 2.74. The summed E-state index contributed by atoms with van der Waals surface area (Å²) < 4.78 is 5.65. The lowest BCUT2D eigenvalue weighted by atomic mass is 9.81. The van der Waals surface area contributed by atoms with Gasteiger partial charge in [-0.2, -0.15) is 0 Å². The van der Waals surface area contributed by atoms with Crippen LogP contribution in [0.3, 0.4) is 0 Å². The third-order valence-corrected chi connectivity index (χ3v) is 3.62. The number of methoxy groups -OCH3 is 1. The van der Waals surface area contributed by atoms with E-state index in [0.717, 1.165) is 5.56 Å². The topological polar surface area (TPSA) is 35.2 Å². The molecule has 2 rings (SSSR count). The van der Waals surface area contributed by atoms with Crippen LogP contribution in [0.15, 0.2) is 42.5 Å². The van der Waals surface area contributed by atoms with Crippen molar-refractivity contribution in [1.29, 1.82) is 0 Å². The molecule has 0 saturated carbocycles. The Morgan fingerprint density at radius 3 is 2.26 bits per heavy atom. The molecule has 19 heavy (non-hydrogen) atoms. The van der Waals surface area contributed by atoms with Crippen LogP contribution in [0.25, 0.3) is 10.8 Å². The zero-order chi connectivity index (χ0) is 14.0. The second-order valence-corrected chi connectivity index (χ2v) is 6.12. The molecular formula is C17H23NO. The van der Waals surface area contributed by atoms with Crippen LogP contribution in [0.5, 0.6) is 0 Å². The molecule has 0 radical (unpaired) electrons. The fraction of sp³-hybridized carbons (Fsp3) is 0.412. The van der Waals surface area contributed by atoms with E-state index in [1.165, 1.54) is 10.8 Å². The number of rotatable bonds is 3. The quantitative estimate of drug-likeness (QED) is 0.905. The van der Waals surface area contributed by atoms with Crippen molar-refractivity contribution in [1.82, 2.24) is 0 Å². The molecule has 2 aromatic rings. The summed E-state index contributed by atoms with van der Waals surface area (Å²) in [5, 5.41) is 2.43. The molecule has 0 aliphatic heterocycles. The highest BCUT2D eigenvalue weighted by Gasteiger charge is 2.31. The second kappa shape index (κ2) is 5.32. The Hall–Kier alpha value is -1.38. The average Bonchev–Trinajstić information content (AvgIpc) is 2.37. The third-order valence-electron chi connectivity index (χ3n) is 3.62. The molecule has 2 nitrogen and oxygen atoms in total. The normalized spacial score (nSPS) is 15.4. The first-order chi connectivity index (χ1) is 8.95. The monoisotopic (exact) mass is 257 g/mol. The molecule has 0 spiro atoms. The molecule has 2 aromatic carbocycles. The van der Waals surface area contributed by atoms with E-state index in [1.807, 2.05) is 0 Å². The molecule has 102 valence electrons. The zero-order valence-electron chi connectivity index (χ0n) is 12.2. The number of benzene rings is 2. The lowest BCUT2D eigenvalue weighted by molar-refractivity contribution is -0.00212. The second-order valence-electron chi connectivity index (χ2n) is 6.12. The Labute approximate surface area is 115 Å². The molecular weight excluding hydrogens is 234 g/mol. The predicted octanol–water partition coefficient (Wildman–Crippen LogP) is 3.90. The van der Waals surface area contributed by atoms with Gasteiger partial charge in [-0.3, -0.25) is 0 Å². The van der Waals surface area contributed by atoms with Crippen LogP contribution < -0.4 is 5.73 Å². The van der Waals surface area contributed by atoms with Crippen molar-refractivity contribution in [3.05, 3.63) is 48.0 Å². The van der Waals surface area contributed by atoms with Crippen LogP contribution in [0, 0.1) is 5.41 Å². The molecule has 0 bridgehead atoms. The highest BCUT2D eigenvalue weighted by Crippen LogP contribution is 2.33. The number of nitrogens with two attached hydrogens (primary N) is 1. The molecule has 2 atom stereocenters. The lowest BCUT2D eigenvalue weighted by Gasteiger charge is -2.34. The molecule has 0 heterocycles. The van der Waals surface area contributed by atoms with Gasteiger partial charge in [-0.25, -0.2) is 0 Å². The molecule has 2 heteroatoms. The van der Waals surface area contributed by atoms with Crippen LogP contribution in [-0.2, 0) is 4.74 Å². The summed E-state index contributed by atoms with van der Waals surface area (Å²) in [5.41, 5.74) is 7.63. The average molecular weight is 257 g/mol. The predicted molar refractivity (Wildman–Crippen MR) is 81.1 cm³/mol. The van der Waals surface area contributed by atoms with Crippen LogP contribution in [0.2, 0.25) is 0 Å². The van der Waals surface area contributed by atoms with Crippen molar-refractivity contribution in [3.8, 4) is 0 Å². The van der Waals surface area contributed by atoms with E-state index in [2.05, 4.69) is 63.2 Å². The van der Waals surface area contributed by atoms with Crippen molar-refractivity contribution in [2.45, 2.75) is 32.9 Å². The Morgan fingerprint density at radius 1 is 1.00 bits per heavy atom. The summed E-state index contributed by atoms with van der Waals surface area (Å²) in [6, 6.07) is 14.5. The largest absolute Gasteiger partial charge is 0.379 e. The van der Waals surface area contributed by atoms with Crippen LogP contribution >= 0.6 is 0 Å². The summed E-state index contributed by atoms with van der Waals surface area (Å²) >= 11 is 0. The smallest absolute Gasteiger partial charge is 0.0812 e. The Balaban J connectivity index is 2.49. The summed E-state index contributed by atoms with van der Waals surface area (Å²) in [6.07, 6.45) is -0.0155. The zero-order valence-corrected chi connectivity index (χ0v) is 12.2. The SMILES string of the molecule is COC(C(N)c1cccc2ccccc12)C(C)(C)C. The molecule has 0 amide bonds. The van der Waals surface area contributed by atoms with Gasteiger partial charge >= 0.3 is 0 Å². The number of hydrogen-bond acceptors (Lipinski definition) is 2. The van der Waals surface area contributed by atoms with E-state index in [4.69, 9.17) is 10.5 Å². The maximum atomic E-state index is 6.48. The minimum atomic E-state index is -0.129. The Morgan fingerprint density at radius 2 is 1.63 bits per heavy atom. The van der Waals surface area contributed by atoms with Gasteiger partial charge in [0.2, 0.25) is 0 Å². The van der Waals surface area contributed by atoms with Crippen molar-refractivity contribution in [2.75, 3.05) is 7.11 Å². The fourth-order valence-corrected chi connectivity index (χ4v) is 2.74. The minimum absolute atomic E-state index is 0.00507. The Bertz CT molecular complexity index is 551. The van der Waals surface area contributed by atoms with Gasteiger partial charge in [-0.05, 0) is 21.8 Å². The van der Waals surface area contributed by atoms with Gasteiger partial charge in [0.1, 0.15) is 0 Å². The van der Waals surface area contributed by atoms with Gasteiger partial charge in [0.15, 0.2) is 0 Å². The highest BCUT2D eigenvalue weighted by molar-refractivity contribution is 5.86. The van der Waals surface area contributed by atoms with E-state index < -0.39 is 0 Å². The van der Waals surface area contributed by atoms with Crippen LogP contribution in [0.1, 0.15) is 32.4 Å². The summed E-state index contributed by atoms with van der Waals surface area (Å²) in [6.45, 7) is 6.48. The highest BCUT2D eigenvalue weighted by atomic mass is 16.5. The first kappa shape index (κ1) is 14.0. The van der Waals surface area contributed by atoms with Crippen molar-refractivity contribution in [3.63, 3.8) is 0 Å². The molecule has 0 aliphatic carbocycles. The molecule has 2 N–H and O–H groups in total. The van der Waals surface area contributed by atoms with E-state index in [0.29, 0.717) is 0 Å². The summed E-state index contributed by atoms with van der Waals surface area (Å²) in [5.74, 6) is 0. The number of ether oxygens (including phenoxy) is 1. The van der Waals surface area contributed by atoms with Crippen LogP contribution in [-0.4, -0.2) is 13.2 Å². The molecule has 0 fully saturated rings. The van der Waals surface area contributed by atoms with Gasteiger partial charge in [0, 0.05) is 7.11 Å². The van der Waals surface area contributed by atoms with Gasteiger partial charge in [-0.1, -0.05) is 63.2 Å². The van der Waals surface area contributed by atoms with Crippen molar-refractivity contribution in [2.24, 2.45) is 11.1 Å². The number of hydrogen-bond donors (Lipinski definition) is 1. The summed E-state index contributed by atoms with van der Waals surface area (Å²) in [4.78, 5) is 0.